The molecule has 1 atom stereocenters. The molecule has 2 nitrogen and oxygen atoms in total. The van der Waals surface area contributed by atoms with Gasteiger partial charge in [0, 0.05) is 44.6 Å². The topological polar surface area (TPSA) is 6.48 Å². The minimum Gasteiger partial charge on any atom is -0.300 e. The number of nitrogens with zero attached hydrogens (tertiary/aromatic N) is 2. The van der Waals surface area contributed by atoms with Crippen molar-refractivity contribution in [2.45, 2.75) is 13.0 Å². The van der Waals surface area contributed by atoms with E-state index in [0.717, 1.165) is 38.6 Å². The first-order valence-corrected chi connectivity index (χ1v) is 6.92. The molecular formula is C14H21ClN2. The van der Waals surface area contributed by atoms with Gasteiger partial charge in [-0.1, -0.05) is 30.3 Å². The summed E-state index contributed by atoms with van der Waals surface area (Å²) in [5.74, 6) is 0.744. The smallest absolute Gasteiger partial charge is 0.0351 e. The van der Waals surface area contributed by atoms with Crippen molar-refractivity contribution in [3.05, 3.63) is 35.9 Å². The summed E-state index contributed by atoms with van der Waals surface area (Å²) < 4.78 is 0. The van der Waals surface area contributed by atoms with Crippen LogP contribution in [0.2, 0.25) is 0 Å². The molecule has 0 amide bonds. The highest BCUT2D eigenvalue weighted by molar-refractivity contribution is 6.18. The Morgan fingerprint density at radius 3 is 2.35 bits per heavy atom. The largest absolute Gasteiger partial charge is 0.300 e. The summed E-state index contributed by atoms with van der Waals surface area (Å²) >= 11 is 5.77. The maximum Gasteiger partial charge on any atom is 0.0351 e. The Morgan fingerprint density at radius 1 is 1.12 bits per heavy atom. The number of rotatable bonds is 4. The van der Waals surface area contributed by atoms with Gasteiger partial charge >= 0.3 is 0 Å². The van der Waals surface area contributed by atoms with Crippen molar-refractivity contribution >= 4 is 11.6 Å². The fourth-order valence-corrected chi connectivity index (χ4v) is 2.68. The molecule has 1 saturated heterocycles. The SMILES string of the molecule is CC(c1ccccc1)N1CCN(CCCl)CC1. The Morgan fingerprint density at radius 2 is 1.76 bits per heavy atom. The Balaban J connectivity index is 1.88. The van der Waals surface area contributed by atoms with Gasteiger partial charge in [0.25, 0.3) is 0 Å². The van der Waals surface area contributed by atoms with E-state index in [2.05, 4.69) is 47.1 Å². The highest BCUT2D eigenvalue weighted by atomic mass is 35.5. The van der Waals surface area contributed by atoms with E-state index < -0.39 is 0 Å². The molecule has 17 heavy (non-hydrogen) atoms. The van der Waals surface area contributed by atoms with Crippen molar-refractivity contribution in [1.82, 2.24) is 9.80 Å². The van der Waals surface area contributed by atoms with Crippen molar-refractivity contribution in [2.24, 2.45) is 0 Å². The van der Waals surface area contributed by atoms with Gasteiger partial charge in [0.2, 0.25) is 0 Å². The fourth-order valence-electron chi connectivity index (χ4n) is 2.44. The van der Waals surface area contributed by atoms with Crippen LogP contribution in [-0.2, 0) is 0 Å². The zero-order chi connectivity index (χ0) is 12.1. The molecule has 0 aliphatic carbocycles. The summed E-state index contributed by atoms with van der Waals surface area (Å²) in [5.41, 5.74) is 1.42. The summed E-state index contributed by atoms with van der Waals surface area (Å²) in [6.07, 6.45) is 0. The molecule has 1 heterocycles. The zero-order valence-electron chi connectivity index (χ0n) is 10.5. The molecule has 1 fully saturated rings. The van der Waals surface area contributed by atoms with Gasteiger partial charge in [-0.15, -0.1) is 11.6 Å². The molecule has 1 aliphatic heterocycles. The Bertz CT molecular complexity index is 320. The van der Waals surface area contributed by atoms with E-state index in [1.807, 2.05) is 0 Å². The van der Waals surface area contributed by atoms with Gasteiger partial charge in [0.1, 0.15) is 0 Å². The van der Waals surface area contributed by atoms with Crippen LogP contribution >= 0.6 is 11.6 Å². The van der Waals surface area contributed by atoms with E-state index >= 15 is 0 Å². The lowest BCUT2D eigenvalue weighted by Crippen LogP contribution is -2.47. The van der Waals surface area contributed by atoms with Gasteiger partial charge in [-0.25, -0.2) is 0 Å². The molecule has 1 aromatic carbocycles. The molecule has 2 rings (SSSR count). The second-order valence-corrected chi connectivity index (χ2v) is 5.03. The highest BCUT2D eigenvalue weighted by Crippen LogP contribution is 2.20. The van der Waals surface area contributed by atoms with Gasteiger partial charge < -0.3 is 0 Å². The molecule has 0 N–H and O–H groups in total. The van der Waals surface area contributed by atoms with Gasteiger partial charge in [0.05, 0.1) is 0 Å². The number of hydrogen-bond acceptors (Lipinski definition) is 2. The summed E-state index contributed by atoms with van der Waals surface area (Å²) in [5, 5.41) is 0. The third kappa shape index (κ3) is 3.44. The van der Waals surface area contributed by atoms with E-state index in [0.29, 0.717) is 6.04 Å². The molecule has 1 aliphatic rings. The maximum atomic E-state index is 5.77. The van der Waals surface area contributed by atoms with Crippen LogP contribution in [0.1, 0.15) is 18.5 Å². The van der Waals surface area contributed by atoms with Crippen LogP contribution < -0.4 is 0 Å². The maximum absolute atomic E-state index is 5.77. The molecule has 0 aromatic heterocycles. The lowest BCUT2D eigenvalue weighted by molar-refractivity contribution is 0.106. The van der Waals surface area contributed by atoms with Crippen LogP contribution in [0.5, 0.6) is 0 Å². The number of benzene rings is 1. The Labute approximate surface area is 109 Å². The summed E-state index contributed by atoms with van der Waals surface area (Å²) in [6.45, 7) is 7.90. The second-order valence-electron chi connectivity index (χ2n) is 4.65. The summed E-state index contributed by atoms with van der Waals surface area (Å²) in [4.78, 5) is 5.00. The molecule has 3 heteroatoms. The van der Waals surface area contributed by atoms with Crippen molar-refractivity contribution in [1.29, 1.82) is 0 Å². The van der Waals surface area contributed by atoms with E-state index in [-0.39, 0.29) is 0 Å². The molecule has 0 bridgehead atoms. The number of hydrogen-bond donors (Lipinski definition) is 0. The lowest BCUT2D eigenvalue weighted by Gasteiger charge is -2.38. The van der Waals surface area contributed by atoms with E-state index in [1.165, 1.54) is 5.56 Å². The highest BCUT2D eigenvalue weighted by Gasteiger charge is 2.21. The third-order valence-corrected chi connectivity index (χ3v) is 3.81. The second kappa shape index (κ2) is 6.39. The van der Waals surface area contributed by atoms with E-state index in [9.17, 15) is 0 Å². The predicted molar refractivity (Wildman–Crippen MR) is 73.6 cm³/mol. The molecule has 1 aromatic rings. The van der Waals surface area contributed by atoms with Crippen LogP contribution in [0, 0.1) is 0 Å². The van der Waals surface area contributed by atoms with Crippen molar-refractivity contribution in [3.8, 4) is 0 Å². The van der Waals surface area contributed by atoms with Crippen molar-refractivity contribution < 1.29 is 0 Å². The molecule has 0 spiro atoms. The quantitative estimate of drug-likeness (QED) is 0.760. The molecule has 0 radical (unpaired) electrons. The lowest BCUT2D eigenvalue weighted by atomic mass is 10.1. The summed E-state index contributed by atoms with van der Waals surface area (Å²) in [6, 6.07) is 11.3. The van der Waals surface area contributed by atoms with Gasteiger partial charge in [-0.3, -0.25) is 9.80 Å². The van der Waals surface area contributed by atoms with Gasteiger partial charge in [-0.2, -0.15) is 0 Å². The molecule has 94 valence electrons. The first-order valence-electron chi connectivity index (χ1n) is 6.38. The molecule has 1 unspecified atom stereocenters. The van der Waals surface area contributed by atoms with Crippen molar-refractivity contribution in [2.75, 3.05) is 38.6 Å². The predicted octanol–water partition coefficient (Wildman–Crippen LogP) is 2.60. The van der Waals surface area contributed by atoms with Crippen LogP contribution in [0.4, 0.5) is 0 Å². The van der Waals surface area contributed by atoms with Gasteiger partial charge in [0.15, 0.2) is 0 Å². The first kappa shape index (κ1) is 12.9. The zero-order valence-corrected chi connectivity index (χ0v) is 11.2. The minimum atomic E-state index is 0.523. The van der Waals surface area contributed by atoms with E-state index in [1.54, 1.807) is 0 Å². The third-order valence-electron chi connectivity index (χ3n) is 3.64. The first-order chi connectivity index (χ1) is 8.31. The summed E-state index contributed by atoms with van der Waals surface area (Å²) in [7, 11) is 0. The van der Waals surface area contributed by atoms with Crippen LogP contribution in [0.3, 0.4) is 0 Å². The normalized spacial score (nSPS) is 20.4. The van der Waals surface area contributed by atoms with Crippen LogP contribution in [0.15, 0.2) is 30.3 Å². The van der Waals surface area contributed by atoms with E-state index in [4.69, 9.17) is 11.6 Å². The fraction of sp³-hybridized carbons (Fsp3) is 0.571. The Kier molecular flexibility index (Phi) is 4.84. The van der Waals surface area contributed by atoms with Crippen LogP contribution in [0.25, 0.3) is 0 Å². The monoisotopic (exact) mass is 252 g/mol. The van der Waals surface area contributed by atoms with Crippen LogP contribution in [-0.4, -0.2) is 48.4 Å². The van der Waals surface area contributed by atoms with Crippen molar-refractivity contribution in [3.63, 3.8) is 0 Å². The Hall–Kier alpha value is -0.570. The number of piperazine rings is 1. The van der Waals surface area contributed by atoms with Gasteiger partial charge in [-0.05, 0) is 12.5 Å². The average molecular weight is 253 g/mol. The molecule has 0 saturated carbocycles. The average Bonchev–Trinajstić information content (AvgIpc) is 2.40. The minimum absolute atomic E-state index is 0.523. The number of alkyl halides is 1. The number of halogens is 1. The standard InChI is InChI=1S/C14H21ClN2/c1-13(14-5-3-2-4-6-14)17-11-9-16(8-7-15)10-12-17/h2-6,13H,7-12H2,1H3. The molecular weight excluding hydrogens is 232 g/mol.